The van der Waals surface area contributed by atoms with E-state index in [9.17, 15) is 4.79 Å². The molecule has 0 spiro atoms. The van der Waals surface area contributed by atoms with Crippen molar-refractivity contribution in [3.63, 3.8) is 0 Å². The third kappa shape index (κ3) is 6.69. The van der Waals surface area contributed by atoms with Crippen molar-refractivity contribution < 1.29 is 14.3 Å². The number of benzene rings is 1. The highest BCUT2D eigenvalue weighted by molar-refractivity contribution is 6.30. The average molecular weight is 327 g/mol. The van der Waals surface area contributed by atoms with E-state index in [2.05, 4.69) is 20.8 Å². The van der Waals surface area contributed by atoms with Crippen LogP contribution in [0.15, 0.2) is 24.3 Å². The maximum Gasteiger partial charge on any atom is 0.324 e. The Morgan fingerprint density at radius 3 is 2.41 bits per heavy atom. The number of carbonyl (C=O) groups is 1. The van der Waals surface area contributed by atoms with Crippen LogP contribution in [0.4, 0.5) is 0 Å². The Bertz CT molecular complexity index is 454. The fourth-order valence-electron chi connectivity index (χ4n) is 2.27. The quantitative estimate of drug-likeness (QED) is 0.491. The molecule has 1 unspecified atom stereocenters. The summed E-state index contributed by atoms with van der Waals surface area (Å²) in [6.07, 6.45) is 2.75. The molecule has 0 saturated heterocycles. The molecule has 1 aromatic carbocycles. The van der Waals surface area contributed by atoms with Crippen molar-refractivity contribution in [2.24, 2.45) is 5.41 Å². The van der Waals surface area contributed by atoms with Crippen LogP contribution in [0.2, 0.25) is 0 Å². The van der Waals surface area contributed by atoms with E-state index in [0.29, 0.717) is 19.6 Å². The lowest BCUT2D eigenvalue weighted by Gasteiger charge is -2.24. The number of rotatable bonds is 9. The molecule has 0 bridgehead atoms. The van der Waals surface area contributed by atoms with Gasteiger partial charge in [0.1, 0.15) is 11.1 Å². The number of hydrogen-bond acceptors (Lipinski definition) is 3. The second kappa shape index (κ2) is 9.04. The van der Waals surface area contributed by atoms with Crippen molar-refractivity contribution in [3.05, 3.63) is 29.8 Å². The van der Waals surface area contributed by atoms with Crippen molar-refractivity contribution in [2.45, 2.75) is 52.3 Å². The van der Waals surface area contributed by atoms with E-state index in [-0.39, 0.29) is 11.4 Å². The molecule has 0 saturated carbocycles. The monoisotopic (exact) mass is 326 g/mol. The van der Waals surface area contributed by atoms with E-state index in [0.717, 1.165) is 24.2 Å². The first-order chi connectivity index (χ1) is 10.4. The van der Waals surface area contributed by atoms with Gasteiger partial charge in [0.15, 0.2) is 0 Å². The summed E-state index contributed by atoms with van der Waals surface area (Å²) in [5.41, 5.74) is 1.17. The molecule has 3 nitrogen and oxygen atoms in total. The molecule has 124 valence electrons. The fraction of sp³-hybridized carbons (Fsp3) is 0.611. The predicted molar refractivity (Wildman–Crippen MR) is 90.6 cm³/mol. The molecule has 0 aliphatic rings. The minimum Gasteiger partial charge on any atom is -0.493 e. The zero-order chi connectivity index (χ0) is 16.6. The van der Waals surface area contributed by atoms with Gasteiger partial charge >= 0.3 is 5.97 Å². The topological polar surface area (TPSA) is 35.5 Å². The zero-order valence-electron chi connectivity index (χ0n) is 14.0. The van der Waals surface area contributed by atoms with Crippen LogP contribution >= 0.6 is 11.6 Å². The molecule has 0 aliphatic carbocycles. The lowest BCUT2D eigenvalue weighted by Crippen LogP contribution is -2.21. The molecule has 22 heavy (non-hydrogen) atoms. The van der Waals surface area contributed by atoms with Crippen molar-refractivity contribution >= 4 is 17.6 Å². The molecule has 1 aromatic rings. The first kappa shape index (κ1) is 18.8. The van der Waals surface area contributed by atoms with Crippen LogP contribution in [0.25, 0.3) is 0 Å². The van der Waals surface area contributed by atoms with Gasteiger partial charge in [-0.25, -0.2) is 0 Å². The minimum atomic E-state index is -0.643. The number of hydrogen-bond donors (Lipinski definition) is 0. The lowest BCUT2D eigenvalue weighted by molar-refractivity contribution is -0.142. The van der Waals surface area contributed by atoms with Crippen LogP contribution in [0.1, 0.15) is 46.1 Å². The number of alkyl halides is 1. The molecule has 0 amide bonds. The van der Waals surface area contributed by atoms with Gasteiger partial charge in [0.25, 0.3) is 0 Å². The van der Waals surface area contributed by atoms with Gasteiger partial charge < -0.3 is 9.47 Å². The van der Waals surface area contributed by atoms with Gasteiger partial charge in [-0.2, -0.15) is 0 Å². The van der Waals surface area contributed by atoms with Crippen LogP contribution in [0, 0.1) is 5.41 Å². The lowest BCUT2D eigenvalue weighted by atomic mass is 9.89. The summed E-state index contributed by atoms with van der Waals surface area (Å²) >= 11 is 6.03. The maximum atomic E-state index is 11.5. The number of carbonyl (C=O) groups excluding carboxylic acids is 1. The summed E-state index contributed by atoms with van der Waals surface area (Å²) < 4.78 is 10.7. The van der Waals surface area contributed by atoms with Crippen molar-refractivity contribution in [1.29, 1.82) is 0 Å². The molecule has 0 aromatic heterocycles. The smallest absolute Gasteiger partial charge is 0.324 e. The Kier molecular flexibility index (Phi) is 7.74. The van der Waals surface area contributed by atoms with Gasteiger partial charge in [0, 0.05) is 0 Å². The Hall–Kier alpha value is -1.22. The molecule has 1 atom stereocenters. The van der Waals surface area contributed by atoms with Crippen LogP contribution in [-0.4, -0.2) is 24.6 Å². The van der Waals surface area contributed by atoms with E-state index in [1.165, 1.54) is 0 Å². The minimum absolute atomic E-state index is 0.179. The van der Waals surface area contributed by atoms with Crippen LogP contribution in [0.3, 0.4) is 0 Å². The highest BCUT2D eigenvalue weighted by Crippen LogP contribution is 2.24. The van der Waals surface area contributed by atoms with Gasteiger partial charge in [0.05, 0.1) is 13.2 Å². The van der Waals surface area contributed by atoms with E-state index >= 15 is 0 Å². The molecule has 0 aliphatic heterocycles. The van der Waals surface area contributed by atoms with E-state index < -0.39 is 5.38 Å². The van der Waals surface area contributed by atoms with Crippen LogP contribution < -0.4 is 4.74 Å². The number of esters is 1. The van der Waals surface area contributed by atoms with Gasteiger partial charge in [-0.15, -0.1) is 11.6 Å². The van der Waals surface area contributed by atoms with Gasteiger partial charge in [-0.3, -0.25) is 4.79 Å². The zero-order valence-corrected chi connectivity index (χ0v) is 14.8. The van der Waals surface area contributed by atoms with Crippen LogP contribution in [0.5, 0.6) is 5.75 Å². The van der Waals surface area contributed by atoms with Crippen molar-refractivity contribution in [1.82, 2.24) is 0 Å². The third-order valence-electron chi connectivity index (χ3n) is 3.44. The summed E-state index contributed by atoms with van der Waals surface area (Å²) in [6.45, 7) is 9.42. The second-order valence-corrected chi connectivity index (χ2v) is 6.80. The number of ether oxygens (including phenoxy) is 2. The summed E-state index contributed by atoms with van der Waals surface area (Å²) in [7, 11) is 0. The molecular formula is C18H27ClO3. The maximum absolute atomic E-state index is 11.5. The van der Waals surface area contributed by atoms with E-state index in [4.69, 9.17) is 21.1 Å². The van der Waals surface area contributed by atoms with Gasteiger partial charge in [-0.1, -0.05) is 39.3 Å². The van der Waals surface area contributed by atoms with Crippen molar-refractivity contribution in [3.8, 4) is 5.75 Å². The van der Waals surface area contributed by atoms with Gasteiger partial charge in [0.2, 0.25) is 0 Å². The molecule has 0 radical (unpaired) electrons. The first-order valence-corrected chi connectivity index (χ1v) is 8.34. The normalized spacial score (nSPS) is 12.8. The summed E-state index contributed by atoms with van der Waals surface area (Å²) in [6, 6.07) is 7.73. The Morgan fingerprint density at radius 1 is 1.23 bits per heavy atom. The van der Waals surface area contributed by atoms with Gasteiger partial charge in [-0.05, 0) is 42.9 Å². The first-order valence-electron chi connectivity index (χ1n) is 7.90. The Labute approximate surface area is 139 Å². The summed E-state index contributed by atoms with van der Waals surface area (Å²) in [4.78, 5) is 11.5. The van der Waals surface area contributed by atoms with E-state index in [1.807, 2.05) is 24.3 Å². The molecule has 1 rings (SSSR count). The standard InChI is InChI=1S/C18H27ClO3/c1-5-11-18(3,4)13-22-15-9-7-14(8-10-15)12-16(19)17(20)21-6-2/h7-10,16H,5-6,11-13H2,1-4H3. The molecule has 4 heteroatoms. The Morgan fingerprint density at radius 2 is 1.86 bits per heavy atom. The fourth-order valence-corrected chi connectivity index (χ4v) is 2.51. The van der Waals surface area contributed by atoms with Crippen LogP contribution in [-0.2, 0) is 16.0 Å². The largest absolute Gasteiger partial charge is 0.493 e. The third-order valence-corrected chi connectivity index (χ3v) is 3.77. The molecular weight excluding hydrogens is 300 g/mol. The predicted octanol–water partition coefficient (Wildman–Crippen LogP) is 4.60. The molecule has 0 heterocycles. The average Bonchev–Trinajstić information content (AvgIpc) is 2.47. The van der Waals surface area contributed by atoms with E-state index in [1.54, 1.807) is 6.92 Å². The molecule has 0 fully saturated rings. The second-order valence-electron chi connectivity index (χ2n) is 6.27. The summed E-state index contributed by atoms with van der Waals surface area (Å²) in [5, 5.41) is -0.643. The molecule has 0 N–H and O–H groups in total. The highest BCUT2D eigenvalue weighted by Gasteiger charge is 2.18. The SMILES string of the molecule is CCCC(C)(C)COc1ccc(CC(Cl)C(=O)OCC)cc1. The highest BCUT2D eigenvalue weighted by atomic mass is 35.5. The summed E-state index contributed by atoms with van der Waals surface area (Å²) in [5.74, 6) is 0.473. The Balaban J connectivity index is 2.51. The van der Waals surface area contributed by atoms with Crippen molar-refractivity contribution in [2.75, 3.05) is 13.2 Å². The number of halogens is 1.